The van der Waals surface area contributed by atoms with E-state index in [1.165, 1.54) is 0 Å². The van der Waals surface area contributed by atoms with Gasteiger partial charge in [-0.25, -0.2) is 4.98 Å². The first kappa shape index (κ1) is 13.6. The molecule has 0 aromatic carbocycles. The Morgan fingerprint density at radius 3 is 2.88 bits per heavy atom. The van der Waals surface area contributed by atoms with Gasteiger partial charge in [0.1, 0.15) is 0 Å². The van der Waals surface area contributed by atoms with Gasteiger partial charge in [-0.05, 0) is 13.3 Å². The van der Waals surface area contributed by atoms with Crippen LogP contribution in [0.1, 0.15) is 43.3 Å². The summed E-state index contributed by atoms with van der Waals surface area (Å²) in [6.07, 6.45) is 3.41. The largest absolute Gasteiger partial charge is 0.381 e. The second kappa shape index (κ2) is 6.99. The molecule has 0 aliphatic heterocycles. The van der Waals surface area contributed by atoms with E-state index in [0.29, 0.717) is 12.5 Å². The van der Waals surface area contributed by atoms with Gasteiger partial charge in [0.2, 0.25) is 0 Å². The van der Waals surface area contributed by atoms with Gasteiger partial charge in [-0.1, -0.05) is 13.3 Å². The molecule has 0 saturated heterocycles. The maximum absolute atomic E-state index is 5.77. The van der Waals surface area contributed by atoms with Gasteiger partial charge in [-0.2, -0.15) is 0 Å². The fraction of sp³-hybridized carbons (Fsp3) is 0.750. The summed E-state index contributed by atoms with van der Waals surface area (Å²) in [4.78, 5) is 4.65. The third-order valence-electron chi connectivity index (χ3n) is 2.77. The van der Waals surface area contributed by atoms with Crippen LogP contribution in [0.3, 0.4) is 0 Å². The number of methoxy groups -OCH3 is 1. The lowest BCUT2D eigenvalue weighted by atomic mass is 10.0. The molecule has 0 radical (unpaired) electrons. The fourth-order valence-corrected chi connectivity index (χ4v) is 2.66. The fourth-order valence-electron chi connectivity index (χ4n) is 1.67. The van der Waals surface area contributed by atoms with E-state index in [2.05, 4.69) is 24.2 Å². The molecule has 0 spiro atoms. The number of thiazole rings is 1. The van der Waals surface area contributed by atoms with Crippen molar-refractivity contribution in [1.29, 1.82) is 0 Å². The van der Waals surface area contributed by atoms with Gasteiger partial charge in [0.15, 0.2) is 0 Å². The molecule has 0 saturated carbocycles. The zero-order chi connectivity index (χ0) is 12.0. The van der Waals surface area contributed by atoms with Crippen molar-refractivity contribution in [2.45, 2.75) is 45.1 Å². The second-order valence-corrected chi connectivity index (χ2v) is 5.08. The van der Waals surface area contributed by atoms with Gasteiger partial charge >= 0.3 is 0 Å². The Morgan fingerprint density at radius 2 is 2.31 bits per heavy atom. The lowest BCUT2D eigenvalue weighted by molar-refractivity contribution is 0.118. The third-order valence-corrected chi connectivity index (χ3v) is 3.66. The molecule has 0 aliphatic rings. The van der Waals surface area contributed by atoms with Crippen LogP contribution in [0.15, 0.2) is 5.38 Å². The molecule has 3 nitrogen and oxygen atoms in total. The van der Waals surface area contributed by atoms with Gasteiger partial charge in [0, 0.05) is 31.4 Å². The molecule has 0 aliphatic carbocycles. The van der Waals surface area contributed by atoms with E-state index in [4.69, 9.17) is 10.5 Å². The summed E-state index contributed by atoms with van der Waals surface area (Å²) in [6.45, 7) is 4.94. The highest BCUT2D eigenvalue weighted by atomic mass is 32.1. The summed E-state index contributed by atoms with van der Waals surface area (Å²) in [5.41, 5.74) is 6.93. The Hall–Kier alpha value is -0.450. The molecule has 4 heteroatoms. The zero-order valence-electron chi connectivity index (χ0n) is 10.4. The Morgan fingerprint density at radius 1 is 1.56 bits per heavy atom. The van der Waals surface area contributed by atoms with Crippen molar-refractivity contribution in [3.8, 4) is 0 Å². The molecule has 0 amide bonds. The molecule has 2 atom stereocenters. The van der Waals surface area contributed by atoms with Crippen LogP contribution < -0.4 is 5.73 Å². The molecule has 1 aromatic heterocycles. The molecule has 1 rings (SSSR count). The summed E-state index contributed by atoms with van der Waals surface area (Å²) < 4.78 is 5.24. The standard InChI is InChI=1S/C12H22N2OS/c1-4-5-10(7-13)11-8-16-12(14-11)6-9(2)15-3/h8-10H,4-7,13H2,1-3H3. The van der Waals surface area contributed by atoms with Gasteiger partial charge in [-0.3, -0.25) is 0 Å². The topological polar surface area (TPSA) is 48.1 Å². The van der Waals surface area contributed by atoms with Crippen LogP contribution in [0.2, 0.25) is 0 Å². The van der Waals surface area contributed by atoms with Crippen LogP contribution in [-0.4, -0.2) is 24.7 Å². The first-order valence-corrected chi connectivity index (χ1v) is 6.76. The smallest absolute Gasteiger partial charge is 0.0954 e. The maximum Gasteiger partial charge on any atom is 0.0954 e. The molecular weight excluding hydrogens is 220 g/mol. The average molecular weight is 242 g/mol. The maximum atomic E-state index is 5.77. The van der Waals surface area contributed by atoms with E-state index in [-0.39, 0.29) is 6.10 Å². The van der Waals surface area contributed by atoms with Crippen molar-refractivity contribution in [3.63, 3.8) is 0 Å². The van der Waals surface area contributed by atoms with E-state index < -0.39 is 0 Å². The highest BCUT2D eigenvalue weighted by Crippen LogP contribution is 2.23. The third kappa shape index (κ3) is 3.85. The monoisotopic (exact) mass is 242 g/mol. The van der Waals surface area contributed by atoms with Crippen LogP contribution in [-0.2, 0) is 11.2 Å². The Bertz CT molecular complexity index is 301. The Kier molecular flexibility index (Phi) is 5.95. The second-order valence-electron chi connectivity index (χ2n) is 4.14. The lowest BCUT2D eigenvalue weighted by Crippen LogP contribution is -2.13. The summed E-state index contributed by atoms with van der Waals surface area (Å²) in [6, 6.07) is 0. The van der Waals surface area contributed by atoms with Crippen molar-refractivity contribution in [2.24, 2.45) is 5.73 Å². The molecule has 2 unspecified atom stereocenters. The van der Waals surface area contributed by atoms with Crippen LogP contribution >= 0.6 is 11.3 Å². The highest BCUT2D eigenvalue weighted by molar-refractivity contribution is 7.09. The van der Waals surface area contributed by atoms with E-state index in [1.807, 2.05) is 0 Å². The van der Waals surface area contributed by atoms with E-state index in [0.717, 1.165) is 30.0 Å². The van der Waals surface area contributed by atoms with Crippen LogP contribution in [0.25, 0.3) is 0 Å². The van der Waals surface area contributed by atoms with Crippen LogP contribution in [0.5, 0.6) is 0 Å². The number of nitrogens with two attached hydrogens (primary N) is 1. The van der Waals surface area contributed by atoms with E-state index in [1.54, 1.807) is 18.4 Å². The van der Waals surface area contributed by atoms with Gasteiger partial charge in [0.25, 0.3) is 0 Å². The molecule has 92 valence electrons. The van der Waals surface area contributed by atoms with E-state index >= 15 is 0 Å². The quantitative estimate of drug-likeness (QED) is 0.799. The summed E-state index contributed by atoms with van der Waals surface area (Å²) in [5, 5.41) is 3.30. The number of hydrogen-bond donors (Lipinski definition) is 1. The highest BCUT2D eigenvalue weighted by Gasteiger charge is 2.13. The normalized spacial score (nSPS) is 15.0. The molecule has 1 heterocycles. The van der Waals surface area contributed by atoms with Crippen molar-refractivity contribution < 1.29 is 4.74 Å². The number of ether oxygens (including phenoxy) is 1. The van der Waals surface area contributed by atoms with Gasteiger partial charge < -0.3 is 10.5 Å². The summed E-state index contributed by atoms with van der Waals surface area (Å²) >= 11 is 1.72. The predicted molar refractivity (Wildman–Crippen MR) is 69.0 cm³/mol. The minimum absolute atomic E-state index is 0.238. The zero-order valence-corrected chi connectivity index (χ0v) is 11.2. The Balaban J connectivity index is 2.62. The molecule has 0 bridgehead atoms. The molecule has 0 fully saturated rings. The average Bonchev–Trinajstić information content (AvgIpc) is 2.74. The summed E-state index contributed by atoms with van der Waals surface area (Å²) in [5.74, 6) is 0.424. The van der Waals surface area contributed by atoms with Crippen molar-refractivity contribution in [2.75, 3.05) is 13.7 Å². The van der Waals surface area contributed by atoms with Gasteiger partial charge in [-0.15, -0.1) is 11.3 Å². The minimum atomic E-state index is 0.238. The van der Waals surface area contributed by atoms with E-state index in [9.17, 15) is 0 Å². The number of nitrogens with zero attached hydrogens (tertiary/aromatic N) is 1. The first-order chi connectivity index (χ1) is 7.71. The SMILES string of the molecule is CCCC(CN)c1csc(CC(C)OC)n1. The lowest BCUT2D eigenvalue weighted by Gasteiger charge is -2.10. The number of hydrogen-bond acceptors (Lipinski definition) is 4. The van der Waals surface area contributed by atoms with Crippen molar-refractivity contribution in [1.82, 2.24) is 4.98 Å². The van der Waals surface area contributed by atoms with Crippen molar-refractivity contribution >= 4 is 11.3 Å². The molecule has 1 aromatic rings. The first-order valence-electron chi connectivity index (χ1n) is 5.88. The molecule has 2 N–H and O–H groups in total. The van der Waals surface area contributed by atoms with Crippen LogP contribution in [0.4, 0.5) is 0 Å². The molecule has 16 heavy (non-hydrogen) atoms. The van der Waals surface area contributed by atoms with Crippen LogP contribution in [0, 0.1) is 0 Å². The predicted octanol–water partition coefficient (Wildman–Crippen LogP) is 2.56. The van der Waals surface area contributed by atoms with Crippen molar-refractivity contribution in [3.05, 3.63) is 16.1 Å². The number of aromatic nitrogens is 1. The minimum Gasteiger partial charge on any atom is -0.381 e. The molecular formula is C12H22N2OS. The Labute approximate surface area is 102 Å². The summed E-state index contributed by atoms with van der Waals surface area (Å²) in [7, 11) is 1.74. The van der Waals surface area contributed by atoms with Gasteiger partial charge in [0.05, 0.1) is 16.8 Å². The number of rotatable bonds is 7.